The Morgan fingerprint density at radius 2 is 2.00 bits per heavy atom. The monoisotopic (exact) mass is 234 g/mol. The standard InChI is InChI=1S/C14H10N4/c1-2-4-12-11(3-1)16-14(17-12)10-5-6-13-15-7-8-18(13)9-10/h1-9H,(H,16,17). The number of hydrogen-bond acceptors (Lipinski definition) is 2. The lowest BCUT2D eigenvalue weighted by Crippen LogP contribution is -1.86. The van der Waals surface area contributed by atoms with Crippen molar-refractivity contribution in [3.8, 4) is 11.4 Å². The molecular weight excluding hydrogens is 224 g/mol. The van der Waals surface area contributed by atoms with E-state index in [2.05, 4.69) is 15.0 Å². The van der Waals surface area contributed by atoms with Crippen LogP contribution in [-0.4, -0.2) is 19.4 Å². The summed E-state index contributed by atoms with van der Waals surface area (Å²) in [6.45, 7) is 0. The molecule has 0 saturated heterocycles. The smallest absolute Gasteiger partial charge is 0.139 e. The molecule has 1 aromatic carbocycles. The normalized spacial score (nSPS) is 11.3. The first-order chi connectivity index (χ1) is 8.90. The number of hydrogen-bond donors (Lipinski definition) is 1. The highest BCUT2D eigenvalue weighted by atomic mass is 15.0. The van der Waals surface area contributed by atoms with Gasteiger partial charge in [-0.15, -0.1) is 0 Å². The molecule has 1 N–H and O–H groups in total. The van der Waals surface area contributed by atoms with Crippen LogP contribution in [0, 0.1) is 0 Å². The molecule has 3 aromatic heterocycles. The average Bonchev–Trinajstić information content (AvgIpc) is 3.04. The van der Waals surface area contributed by atoms with Crippen LogP contribution < -0.4 is 0 Å². The van der Waals surface area contributed by atoms with Gasteiger partial charge in [0.2, 0.25) is 0 Å². The molecule has 0 unspecified atom stereocenters. The number of rotatable bonds is 1. The van der Waals surface area contributed by atoms with E-state index < -0.39 is 0 Å². The van der Waals surface area contributed by atoms with Crippen molar-refractivity contribution in [3.63, 3.8) is 0 Å². The van der Waals surface area contributed by atoms with Crippen molar-refractivity contribution >= 4 is 16.7 Å². The molecule has 4 rings (SSSR count). The zero-order valence-corrected chi connectivity index (χ0v) is 9.54. The Bertz CT molecular complexity index is 808. The van der Waals surface area contributed by atoms with E-state index in [4.69, 9.17) is 0 Å². The highest BCUT2D eigenvalue weighted by Crippen LogP contribution is 2.20. The Hall–Kier alpha value is -2.62. The van der Waals surface area contributed by atoms with Crippen molar-refractivity contribution in [2.45, 2.75) is 0 Å². The number of benzene rings is 1. The first kappa shape index (κ1) is 9.41. The fraction of sp³-hybridized carbons (Fsp3) is 0. The van der Waals surface area contributed by atoms with Crippen LogP contribution in [0.15, 0.2) is 55.0 Å². The minimum absolute atomic E-state index is 0.881. The number of para-hydroxylation sites is 2. The predicted molar refractivity (Wildman–Crippen MR) is 70.3 cm³/mol. The van der Waals surface area contributed by atoms with Gasteiger partial charge in [0.25, 0.3) is 0 Å². The van der Waals surface area contributed by atoms with Crippen LogP contribution in [0.5, 0.6) is 0 Å². The molecule has 4 heteroatoms. The molecule has 3 heterocycles. The number of H-pyrrole nitrogens is 1. The van der Waals surface area contributed by atoms with E-state index in [1.807, 2.05) is 53.2 Å². The van der Waals surface area contributed by atoms with Crippen LogP contribution in [0.3, 0.4) is 0 Å². The number of fused-ring (bicyclic) bond motifs is 2. The summed E-state index contributed by atoms with van der Waals surface area (Å²) in [4.78, 5) is 12.1. The van der Waals surface area contributed by atoms with Crippen LogP contribution in [0.1, 0.15) is 0 Å². The van der Waals surface area contributed by atoms with Gasteiger partial charge in [0.05, 0.1) is 11.0 Å². The lowest BCUT2D eigenvalue weighted by Gasteiger charge is -1.98. The third-order valence-corrected chi connectivity index (χ3v) is 3.05. The Balaban J connectivity index is 1.94. The van der Waals surface area contributed by atoms with E-state index in [9.17, 15) is 0 Å². The largest absolute Gasteiger partial charge is 0.338 e. The molecule has 4 aromatic rings. The van der Waals surface area contributed by atoms with E-state index in [1.165, 1.54) is 0 Å². The summed E-state index contributed by atoms with van der Waals surface area (Å²) in [5.74, 6) is 0.881. The van der Waals surface area contributed by atoms with Crippen LogP contribution in [0.2, 0.25) is 0 Å². The Morgan fingerprint density at radius 3 is 2.94 bits per heavy atom. The summed E-state index contributed by atoms with van der Waals surface area (Å²) >= 11 is 0. The van der Waals surface area contributed by atoms with Gasteiger partial charge in [0, 0.05) is 24.2 Å². The predicted octanol–water partition coefficient (Wildman–Crippen LogP) is 2.88. The minimum atomic E-state index is 0.881. The van der Waals surface area contributed by atoms with E-state index >= 15 is 0 Å². The molecule has 0 aliphatic rings. The average molecular weight is 234 g/mol. The van der Waals surface area contributed by atoms with Gasteiger partial charge in [-0.3, -0.25) is 0 Å². The fourth-order valence-electron chi connectivity index (χ4n) is 2.15. The summed E-state index contributed by atoms with van der Waals surface area (Å²) in [5.41, 5.74) is 4.03. The molecule has 0 atom stereocenters. The number of pyridine rings is 1. The molecule has 0 fully saturated rings. The zero-order chi connectivity index (χ0) is 11.9. The summed E-state index contributed by atoms with van der Waals surface area (Å²) in [5, 5.41) is 0. The summed E-state index contributed by atoms with van der Waals surface area (Å²) < 4.78 is 1.99. The highest BCUT2D eigenvalue weighted by Gasteiger charge is 2.05. The second-order valence-electron chi connectivity index (χ2n) is 4.21. The van der Waals surface area contributed by atoms with Gasteiger partial charge in [0.15, 0.2) is 0 Å². The van der Waals surface area contributed by atoms with Crippen molar-refractivity contribution in [1.29, 1.82) is 0 Å². The quantitative estimate of drug-likeness (QED) is 0.550. The third-order valence-electron chi connectivity index (χ3n) is 3.05. The van der Waals surface area contributed by atoms with Crippen molar-refractivity contribution < 1.29 is 0 Å². The third kappa shape index (κ3) is 1.32. The van der Waals surface area contributed by atoms with Crippen molar-refractivity contribution in [2.75, 3.05) is 0 Å². The van der Waals surface area contributed by atoms with E-state index in [0.29, 0.717) is 0 Å². The van der Waals surface area contributed by atoms with Gasteiger partial charge in [0.1, 0.15) is 11.5 Å². The molecule has 86 valence electrons. The summed E-state index contributed by atoms with van der Waals surface area (Å²) in [6, 6.07) is 12.0. The lowest BCUT2D eigenvalue weighted by molar-refractivity contribution is 1.17. The topological polar surface area (TPSA) is 46.0 Å². The van der Waals surface area contributed by atoms with Gasteiger partial charge >= 0.3 is 0 Å². The molecule has 0 bridgehead atoms. The van der Waals surface area contributed by atoms with E-state index in [-0.39, 0.29) is 0 Å². The number of aromatic nitrogens is 4. The molecule has 0 spiro atoms. The van der Waals surface area contributed by atoms with E-state index in [1.54, 1.807) is 6.20 Å². The van der Waals surface area contributed by atoms with Crippen LogP contribution in [0.4, 0.5) is 0 Å². The summed E-state index contributed by atoms with van der Waals surface area (Å²) in [6.07, 6.45) is 5.75. The maximum atomic E-state index is 4.58. The second kappa shape index (κ2) is 3.43. The summed E-state index contributed by atoms with van der Waals surface area (Å²) in [7, 11) is 0. The van der Waals surface area contributed by atoms with Gasteiger partial charge in [-0.2, -0.15) is 0 Å². The molecule has 18 heavy (non-hydrogen) atoms. The second-order valence-corrected chi connectivity index (χ2v) is 4.21. The van der Waals surface area contributed by atoms with E-state index in [0.717, 1.165) is 28.1 Å². The molecule has 0 amide bonds. The Labute approximate surface area is 103 Å². The molecule has 0 aliphatic carbocycles. The molecule has 0 radical (unpaired) electrons. The van der Waals surface area contributed by atoms with Crippen molar-refractivity contribution in [2.24, 2.45) is 0 Å². The van der Waals surface area contributed by atoms with Gasteiger partial charge in [-0.1, -0.05) is 12.1 Å². The molecular formula is C14H10N4. The van der Waals surface area contributed by atoms with Crippen LogP contribution >= 0.6 is 0 Å². The fourth-order valence-corrected chi connectivity index (χ4v) is 2.15. The minimum Gasteiger partial charge on any atom is -0.338 e. The number of aromatic amines is 1. The Morgan fingerprint density at radius 1 is 1.06 bits per heavy atom. The molecule has 0 aliphatic heterocycles. The number of nitrogens with one attached hydrogen (secondary N) is 1. The zero-order valence-electron chi connectivity index (χ0n) is 9.54. The number of imidazole rings is 2. The highest BCUT2D eigenvalue weighted by molar-refractivity contribution is 5.79. The first-order valence-electron chi connectivity index (χ1n) is 5.78. The first-order valence-corrected chi connectivity index (χ1v) is 5.78. The van der Waals surface area contributed by atoms with Gasteiger partial charge in [-0.25, -0.2) is 9.97 Å². The molecule has 4 nitrogen and oxygen atoms in total. The SMILES string of the molecule is c1ccc2[nH]c(-c3ccc4nccn4c3)nc2c1. The van der Waals surface area contributed by atoms with Gasteiger partial charge in [-0.05, 0) is 24.3 Å². The molecule has 0 saturated carbocycles. The van der Waals surface area contributed by atoms with Crippen molar-refractivity contribution in [1.82, 2.24) is 19.4 Å². The maximum Gasteiger partial charge on any atom is 0.139 e. The van der Waals surface area contributed by atoms with Crippen molar-refractivity contribution in [3.05, 3.63) is 55.0 Å². The maximum absolute atomic E-state index is 4.58. The van der Waals surface area contributed by atoms with Crippen LogP contribution in [0.25, 0.3) is 28.1 Å². The number of nitrogens with zero attached hydrogens (tertiary/aromatic N) is 3. The van der Waals surface area contributed by atoms with Gasteiger partial charge < -0.3 is 9.38 Å². The lowest BCUT2D eigenvalue weighted by atomic mass is 10.3. The Kier molecular flexibility index (Phi) is 1.80. The van der Waals surface area contributed by atoms with Crippen LogP contribution in [-0.2, 0) is 0 Å².